The molecule has 0 aliphatic heterocycles. The topological polar surface area (TPSA) is 84.5 Å². The van der Waals surface area contributed by atoms with Crippen molar-refractivity contribution in [2.24, 2.45) is 10.7 Å². The molecule has 0 unspecified atom stereocenters. The highest BCUT2D eigenvalue weighted by atomic mass is 32.2. The summed E-state index contributed by atoms with van der Waals surface area (Å²) in [6, 6.07) is 6.18. The number of fused-ring (bicyclic) bond motifs is 1. The fraction of sp³-hybridized carbons (Fsp3) is 0.533. The maximum atomic E-state index is 11.6. The van der Waals surface area contributed by atoms with Gasteiger partial charge in [-0.15, -0.1) is 0 Å². The van der Waals surface area contributed by atoms with Gasteiger partial charge in [0, 0.05) is 11.9 Å². The van der Waals surface area contributed by atoms with Crippen molar-refractivity contribution in [1.29, 1.82) is 0 Å². The average Bonchev–Trinajstić information content (AvgIpc) is 2.82. The second-order valence-corrected chi connectivity index (χ2v) is 8.84. The van der Waals surface area contributed by atoms with Crippen molar-refractivity contribution in [3.8, 4) is 0 Å². The number of aliphatic imine (C=N–C) groups is 1. The van der Waals surface area contributed by atoms with Crippen LogP contribution in [0.25, 0.3) is 0 Å². The Hall–Kier alpha value is -1.56. The third-order valence-corrected chi connectivity index (χ3v) is 6.14. The molecule has 0 heterocycles. The van der Waals surface area contributed by atoms with E-state index in [0.29, 0.717) is 0 Å². The number of benzene rings is 1. The van der Waals surface area contributed by atoms with Gasteiger partial charge in [-0.2, -0.15) is 0 Å². The molecule has 0 bridgehead atoms. The van der Waals surface area contributed by atoms with E-state index in [2.05, 4.69) is 22.4 Å². The van der Waals surface area contributed by atoms with Gasteiger partial charge in [0.15, 0.2) is 15.8 Å². The number of nitrogens with one attached hydrogen (secondary N) is 1. The summed E-state index contributed by atoms with van der Waals surface area (Å²) in [6.07, 6.45) is 4.66. The first kappa shape index (κ1) is 15.8. The van der Waals surface area contributed by atoms with Crippen LogP contribution in [0.3, 0.4) is 0 Å². The predicted molar refractivity (Wildman–Crippen MR) is 87.5 cm³/mol. The molecule has 0 aromatic heterocycles. The fourth-order valence-corrected chi connectivity index (χ4v) is 2.53. The molecular formula is C15H23N3O2S. The highest BCUT2D eigenvalue weighted by Crippen LogP contribution is 2.24. The zero-order valence-corrected chi connectivity index (χ0v) is 13.6. The minimum Gasteiger partial charge on any atom is -0.370 e. The fourth-order valence-electron chi connectivity index (χ4n) is 2.23. The summed E-state index contributed by atoms with van der Waals surface area (Å²) in [6.45, 7) is 3.43. The van der Waals surface area contributed by atoms with Crippen LogP contribution in [0.5, 0.6) is 0 Å². The van der Waals surface area contributed by atoms with Crippen molar-refractivity contribution in [2.45, 2.75) is 37.9 Å². The largest absolute Gasteiger partial charge is 0.370 e. The maximum Gasteiger partial charge on any atom is 0.193 e. The van der Waals surface area contributed by atoms with Gasteiger partial charge in [-0.25, -0.2) is 8.42 Å². The summed E-state index contributed by atoms with van der Waals surface area (Å²) >= 11 is 0. The van der Waals surface area contributed by atoms with Crippen molar-refractivity contribution in [3.05, 3.63) is 29.3 Å². The summed E-state index contributed by atoms with van der Waals surface area (Å²) in [5.74, 6) is 0.240. The second-order valence-electron chi connectivity index (χ2n) is 6.20. The van der Waals surface area contributed by atoms with Crippen molar-refractivity contribution < 1.29 is 8.42 Å². The third kappa shape index (κ3) is 3.75. The van der Waals surface area contributed by atoms with Crippen LogP contribution in [0.4, 0.5) is 5.69 Å². The highest BCUT2D eigenvalue weighted by Gasteiger charge is 2.29. The summed E-state index contributed by atoms with van der Waals surface area (Å²) in [5, 5.41) is 3.03. The number of nitrogens with two attached hydrogens (primary N) is 1. The van der Waals surface area contributed by atoms with Crippen LogP contribution >= 0.6 is 0 Å². The lowest BCUT2D eigenvalue weighted by Gasteiger charge is -2.20. The normalized spacial score (nSPS) is 15.9. The minimum atomic E-state index is -3.17. The van der Waals surface area contributed by atoms with E-state index in [-0.39, 0.29) is 12.5 Å². The zero-order valence-electron chi connectivity index (χ0n) is 12.8. The van der Waals surface area contributed by atoms with Gasteiger partial charge in [0.25, 0.3) is 0 Å². The molecule has 116 valence electrons. The lowest BCUT2D eigenvalue weighted by molar-refractivity contribution is 0.555. The molecule has 0 saturated heterocycles. The third-order valence-electron chi connectivity index (χ3n) is 4.00. The van der Waals surface area contributed by atoms with Crippen molar-refractivity contribution in [3.63, 3.8) is 0 Å². The number of rotatable bonds is 4. The molecule has 0 fully saturated rings. The molecule has 0 amide bonds. The van der Waals surface area contributed by atoms with E-state index in [1.54, 1.807) is 13.8 Å². The lowest BCUT2D eigenvalue weighted by Crippen LogP contribution is -2.36. The first-order valence-corrected chi connectivity index (χ1v) is 8.96. The molecular weight excluding hydrogens is 286 g/mol. The zero-order chi connectivity index (χ0) is 15.7. The van der Waals surface area contributed by atoms with Crippen molar-refractivity contribution >= 4 is 21.5 Å². The first-order chi connectivity index (χ1) is 9.69. The van der Waals surface area contributed by atoms with Crippen molar-refractivity contribution in [2.75, 3.05) is 18.1 Å². The van der Waals surface area contributed by atoms with Crippen LogP contribution in [-0.2, 0) is 22.7 Å². The Balaban J connectivity index is 2.04. The average molecular weight is 309 g/mol. The van der Waals surface area contributed by atoms with E-state index in [9.17, 15) is 8.42 Å². The Morgan fingerprint density at radius 1 is 1.33 bits per heavy atom. The number of hydrogen-bond acceptors (Lipinski definition) is 3. The SMILES string of the molecule is CC(C)(CN=C(N)Nc1ccc2c(c1)CCC2)S(C)(=O)=O. The predicted octanol–water partition coefficient (Wildman–Crippen LogP) is 1.73. The molecule has 0 saturated carbocycles. The van der Waals surface area contributed by atoms with Crippen LogP contribution in [0.1, 0.15) is 31.4 Å². The molecule has 1 aliphatic rings. The Bertz CT molecular complexity index is 663. The number of guanidine groups is 1. The molecule has 2 rings (SSSR count). The number of hydrogen-bond donors (Lipinski definition) is 2. The van der Waals surface area contributed by atoms with E-state index >= 15 is 0 Å². The highest BCUT2D eigenvalue weighted by molar-refractivity contribution is 7.92. The molecule has 1 aromatic carbocycles. The Labute approximate surface area is 126 Å². The van der Waals surface area contributed by atoms with Crippen molar-refractivity contribution in [1.82, 2.24) is 0 Å². The molecule has 1 aromatic rings. The van der Waals surface area contributed by atoms with Crippen LogP contribution in [0.2, 0.25) is 0 Å². The molecule has 0 radical (unpaired) electrons. The van der Waals surface area contributed by atoms with Crippen LogP contribution in [0.15, 0.2) is 23.2 Å². The molecule has 3 N–H and O–H groups in total. The van der Waals surface area contributed by atoms with Gasteiger partial charge >= 0.3 is 0 Å². The van der Waals surface area contributed by atoms with E-state index in [1.165, 1.54) is 23.8 Å². The Kier molecular flexibility index (Phi) is 4.27. The summed E-state index contributed by atoms with van der Waals surface area (Å²) < 4.78 is 22.3. The van der Waals surface area contributed by atoms with E-state index in [4.69, 9.17) is 5.73 Å². The molecule has 6 heteroatoms. The summed E-state index contributed by atoms with van der Waals surface area (Å²) in [7, 11) is -3.17. The van der Waals surface area contributed by atoms with Gasteiger partial charge in [-0.1, -0.05) is 6.07 Å². The number of aryl methyl sites for hydroxylation is 2. The first-order valence-electron chi connectivity index (χ1n) is 7.07. The standard InChI is InChI=1S/C15H23N3O2S/c1-15(2,21(3,19)20)10-17-14(16)18-13-8-7-11-5-4-6-12(11)9-13/h7-9H,4-6,10H2,1-3H3,(H3,16,17,18). The second kappa shape index (κ2) is 5.67. The van der Waals surface area contributed by atoms with Gasteiger partial charge in [0.2, 0.25) is 0 Å². The smallest absolute Gasteiger partial charge is 0.193 e. The van der Waals surface area contributed by atoms with Gasteiger partial charge in [-0.05, 0) is 56.4 Å². The molecule has 21 heavy (non-hydrogen) atoms. The van der Waals surface area contributed by atoms with E-state index < -0.39 is 14.6 Å². The monoisotopic (exact) mass is 309 g/mol. The molecule has 0 spiro atoms. The minimum absolute atomic E-state index is 0.135. The van der Waals surface area contributed by atoms with Crippen LogP contribution < -0.4 is 11.1 Å². The molecule has 5 nitrogen and oxygen atoms in total. The number of nitrogens with zero attached hydrogens (tertiary/aromatic N) is 1. The summed E-state index contributed by atoms with van der Waals surface area (Å²) in [5.41, 5.74) is 9.49. The van der Waals surface area contributed by atoms with Gasteiger partial charge in [0.1, 0.15) is 0 Å². The Morgan fingerprint density at radius 2 is 2.00 bits per heavy atom. The van der Waals surface area contributed by atoms with E-state index in [0.717, 1.165) is 18.5 Å². The summed E-state index contributed by atoms with van der Waals surface area (Å²) in [4.78, 5) is 4.16. The van der Waals surface area contributed by atoms with Gasteiger partial charge in [-0.3, -0.25) is 4.99 Å². The number of anilines is 1. The maximum absolute atomic E-state index is 11.6. The Morgan fingerprint density at radius 3 is 2.67 bits per heavy atom. The molecule has 1 aliphatic carbocycles. The lowest BCUT2D eigenvalue weighted by atomic mass is 10.1. The van der Waals surface area contributed by atoms with Crippen LogP contribution in [0, 0.1) is 0 Å². The number of sulfone groups is 1. The van der Waals surface area contributed by atoms with Gasteiger partial charge < -0.3 is 11.1 Å². The quantitative estimate of drug-likeness (QED) is 0.655. The van der Waals surface area contributed by atoms with E-state index in [1.807, 2.05) is 6.07 Å². The van der Waals surface area contributed by atoms with Gasteiger partial charge in [0.05, 0.1) is 11.3 Å². The van der Waals surface area contributed by atoms with Crippen LogP contribution in [-0.4, -0.2) is 31.9 Å². The molecule has 0 atom stereocenters.